The van der Waals surface area contributed by atoms with Crippen molar-refractivity contribution in [3.63, 3.8) is 0 Å². The number of halogens is 2. The number of hydrogen-bond donors (Lipinski definition) is 0. The third-order valence-corrected chi connectivity index (χ3v) is 8.80. The van der Waals surface area contributed by atoms with E-state index in [1.807, 2.05) is 29.3 Å². The molecule has 37 heavy (non-hydrogen) atoms. The van der Waals surface area contributed by atoms with Crippen molar-refractivity contribution in [2.45, 2.75) is 64.8 Å². The Labute approximate surface area is 215 Å². The number of nitrogens with zero attached hydrogens (tertiary/aromatic N) is 6. The van der Waals surface area contributed by atoms with Crippen LogP contribution in [0.1, 0.15) is 69.8 Å². The van der Waals surface area contributed by atoms with Gasteiger partial charge in [0.05, 0.1) is 46.1 Å². The lowest BCUT2D eigenvalue weighted by Gasteiger charge is -2.37. The Balaban J connectivity index is 1.43. The summed E-state index contributed by atoms with van der Waals surface area (Å²) in [7, 11) is 0. The Morgan fingerprint density at radius 1 is 1.08 bits per heavy atom. The highest BCUT2D eigenvalue weighted by molar-refractivity contribution is 5.64. The molecule has 0 N–H and O–H groups in total. The second-order valence-corrected chi connectivity index (χ2v) is 11.1. The van der Waals surface area contributed by atoms with Crippen molar-refractivity contribution in [3.05, 3.63) is 77.6 Å². The summed E-state index contributed by atoms with van der Waals surface area (Å²) in [4.78, 5) is 9.69. The lowest BCUT2D eigenvalue weighted by Crippen LogP contribution is -2.38. The number of rotatable bonds is 6. The summed E-state index contributed by atoms with van der Waals surface area (Å²) < 4.78 is 31.0. The normalized spacial score (nSPS) is 22.3. The first-order valence-corrected chi connectivity index (χ1v) is 12.9. The van der Waals surface area contributed by atoms with Gasteiger partial charge < -0.3 is 0 Å². The molecule has 0 unspecified atom stereocenters. The van der Waals surface area contributed by atoms with E-state index in [1.54, 1.807) is 6.20 Å². The molecule has 3 heterocycles. The van der Waals surface area contributed by atoms with Crippen molar-refractivity contribution in [1.82, 2.24) is 29.9 Å². The summed E-state index contributed by atoms with van der Waals surface area (Å²) in [6.45, 7) is 9.71. The SMILES string of the molecule is CC[C@H](C)Cn1cc(-c2cncc([C@@]34CC[C@@H](c5cc(-c6c(F)cccc6F)nnc53)C4(C)C)n2)cn1. The van der Waals surface area contributed by atoms with Crippen LogP contribution in [0, 0.1) is 23.0 Å². The quantitative estimate of drug-likeness (QED) is 0.310. The summed E-state index contributed by atoms with van der Waals surface area (Å²) in [5, 5.41) is 13.5. The van der Waals surface area contributed by atoms with Crippen LogP contribution in [-0.4, -0.2) is 29.9 Å². The number of hydrogen-bond acceptors (Lipinski definition) is 5. The lowest BCUT2D eigenvalue weighted by molar-refractivity contribution is 0.242. The zero-order valence-electron chi connectivity index (χ0n) is 21.5. The summed E-state index contributed by atoms with van der Waals surface area (Å²) in [5.41, 5.74) is 3.77. The highest BCUT2D eigenvalue weighted by atomic mass is 19.1. The molecule has 3 aromatic heterocycles. The summed E-state index contributed by atoms with van der Waals surface area (Å²) >= 11 is 0. The maximum absolute atomic E-state index is 14.5. The zero-order chi connectivity index (χ0) is 25.9. The van der Waals surface area contributed by atoms with Gasteiger partial charge in [-0.3, -0.25) is 9.67 Å². The van der Waals surface area contributed by atoms with E-state index in [9.17, 15) is 8.78 Å². The van der Waals surface area contributed by atoms with Gasteiger partial charge in [0.15, 0.2) is 0 Å². The molecular formula is C29H30F2N6. The van der Waals surface area contributed by atoms with Crippen LogP contribution in [-0.2, 0) is 12.0 Å². The van der Waals surface area contributed by atoms with Crippen molar-refractivity contribution < 1.29 is 8.78 Å². The fourth-order valence-corrected chi connectivity index (χ4v) is 6.51. The van der Waals surface area contributed by atoms with E-state index in [0.29, 0.717) is 5.92 Å². The van der Waals surface area contributed by atoms with Gasteiger partial charge in [-0.2, -0.15) is 10.2 Å². The molecule has 3 atom stereocenters. The average Bonchev–Trinajstić information content (AvgIpc) is 3.51. The summed E-state index contributed by atoms with van der Waals surface area (Å²) in [6, 6.07) is 5.68. The van der Waals surface area contributed by atoms with E-state index in [1.165, 1.54) is 18.2 Å². The predicted molar refractivity (Wildman–Crippen MR) is 137 cm³/mol. The van der Waals surface area contributed by atoms with Crippen LogP contribution in [0.15, 0.2) is 49.1 Å². The van der Waals surface area contributed by atoms with E-state index >= 15 is 0 Å². The van der Waals surface area contributed by atoms with Gasteiger partial charge in [-0.1, -0.05) is 40.2 Å². The molecule has 2 bridgehead atoms. The third-order valence-electron chi connectivity index (χ3n) is 8.80. The fourth-order valence-electron chi connectivity index (χ4n) is 6.51. The predicted octanol–water partition coefficient (Wildman–Crippen LogP) is 6.32. The monoisotopic (exact) mass is 500 g/mol. The van der Waals surface area contributed by atoms with Gasteiger partial charge in [-0.15, -0.1) is 5.10 Å². The van der Waals surface area contributed by atoms with Crippen molar-refractivity contribution >= 4 is 0 Å². The topological polar surface area (TPSA) is 69.4 Å². The van der Waals surface area contributed by atoms with Gasteiger partial charge >= 0.3 is 0 Å². The molecule has 0 spiro atoms. The third kappa shape index (κ3) is 3.45. The Morgan fingerprint density at radius 3 is 2.62 bits per heavy atom. The Hall–Kier alpha value is -3.55. The largest absolute Gasteiger partial charge is 0.272 e. The minimum atomic E-state index is -0.640. The average molecular weight is 501 g/mol. The van der Waals surface area contributed by atoms with Gasteiger partial charge in [-0.05, 0) is 53.9 Å². The first kappa shape index (κ1) is 23.8. The van der Waals surface area contributed by atoms with Crippen LogP contribution in [0.5, 0.6) is 0 Å². The Bertz CT molecular complexity index is 1480. The van der Waals surface area contributed by atoms with E-state index < -0.39 is 17.0 Å². The minimum absolute atomic E-state index is 0.136. The van der Waals surface area contributed by atoms with Gasteiger partial charge in [-0.25, -0.2) is 13.8 Å². The molecule has 1 aromatic carbocycles. The zero-order valence-corrected chi connectivity index (χ0v) is 21.5. The smallest absolute Gasteiger partial charge is 0.135 e. The minimum Gasteiger partial charge on any atom is -0.272 e. The van der Waals surface area contributed by atoms with Crippen molar-refractivity contribution in [1.29, 1.82) is 0 Å². The van der Waals surface area contributed by atoms with Crippen molar-refractivity contribution in [2.24, 2.45) is 11.3 Å². The number of benzene rings is 1. The van der Waals surface area contributed by atoms with Gasteiger partial charge in [0.25, 0.3) is 0 Å². The molecule has 2 aliphatic carbocycles. The standard InChI is InChI=1S/C29H30F2N6/c1-5-17(2)15-37-16-18(12-33-37)24-13-32-14-25(34-24)29-10-9-20(28(29,3)4)19-11-23(35-36-27(19)29)26-21(30)7-6-8-22(26)31/h6-8,11-14,16-17,20H,5,9-10,15H2,1-4H3/t17-,20-,29-/m0/s1. The van der Waals surface area contributed by atoms with Crippen molar-refractivity contribution in [2.75, 3.05) is 0 Å². The first-order valence-electron chi connectivity index (χ1n) is 12.9. The molecule has 6 rings (SSSR count). The molecular weight excluding hydrogens is 470 g/mol. The molecule has 4 aromatic rings. The maximum atomic E-state index is 14.5. The molecule has 1 saturated carbocycles. The lowest BCUT2D eigenvalue weighted by atomic mass is 9.66. The summed E-state index contributed by atoms with van der Waals surface area (Å²) in [6.07, 6.45) is 10.4. The molecule has 6 nitrogen and oxygen atoms in total. The maximum Gasteiger partial charge on any atom is 0.135 e. The van der Waals surface area contributed by atoms with Crippen LogP contribution in [0.25, 0.3) is 22.5 Å². The molecule has 0 amide bonds. The van der Waals surface area contributed by atoms with E-state index in [0.717, 1.165) is 54.0 Å². The molecule has 190 valence electrons. The van der Waals surface area contributed by atoms with Gasteiger partial charge in [0.1, 0.15) is 11.6 Å². The van der Waals surface area contributed by atoms with Crippen LogP contribution in [0.2, 0.25) is 0 Å². The molecule has 2 aliphatic rings. The molecule has 0 aliphatic heterocycles. The van der Waals surface area contributed by atoms with E-state index in [2.05, 4.69) is 48.0 Å². The highest BCUT2D eigenvalue weighted by Gasteiger charge is 2.65. The second-order valence-electron chi connectivity index (χ2n) is 11.1. The fraction of sp³-hybridized carbons (Fsp3) is 0.414. The summed E-state index contributed by atoms with van der Waals surface area (Å²) in [5.74, 6) is -0.565. The van der Waals surface area contributed by atoms with E-state index in [4.69, 9.17) is 4.98 Å². The Kier molecular flexibility index (Phi) is 5.47. The van der Waals surface area contributed by atoms with Crippen LogP contribution in [0.4, 0.5) is 8.78 Å². The molecule has 0 saturated heterocycles. The van der Waals surface area contributed by atoms with Crippen LogP contribution in [0.3, 0.4) is 0 Å². The second kappa shape index (κ2) is 8.50. The molecule has 8 heteroatoms. The molecule has 1 fully saturated rings. The van der Waals surface area contributed by atoms with Crippen LogP contribution < -0.4 is 0 Å². The van der Waals surface area contributed by atoms with Crippen molar-refractivity contribution in [3.8, 4) is 22.5 Å². The number of aromatic nitrogens is 6. The van der Waals surface area contributed by atoms with Crippen LogP contribution >= 0.6 is 0 Å². The molecule has 0 radical (unpaired) electrons. The highest BCUT2D eigenvalue weighted by Crippen LogP contribution is 2.69. The number of fused-ring (bicyclic) bond motifs is 5. The van der Waals surface area contributed by atoms with Gasteiger partial charge in [0, 0.05) is 24.5 Å². The Morgan fingerprint density at radius 2 is 1.86 bits per heavy atom. The first-order chi connectivity index (χ1) is 17.8. The van der Waals surface area contributed by atoms with Gasteiger partial charge in [0.2, 0.25) is 0 Å². The van der Waals surface area contributed by atoms with E-state index in [-0.39, 0.29) is 22.6 Å².